The van der Waals surface area contributed by atoms with E-state index in [4.69, 9.17) is 0 Å². The number of hydrogen-bond donors (Lipinski definition) is 1. The quantitative estimate of drug-likeness (QED) is 0.670. The molecule has 0 bridgehead atoms. The van der Waals surface area contributed by atoms with E-state index < -0.39 is 0 Å². The summed E-state index contributed by atoms with van der Waals surface area (Å²) in [6.07, 6.45) is 3.50. The van der Waals surface area contributed by atoms with Crippen LogP contribution in [0.2, 0.25) is 0 Å². The lowest BCUT2D eigenvalue weighted by Crippen LogP contribution is -2.43. The van der Waals surface area contributed by atoms with Crippen molar-refractivity contribution in [3.63, 3.8) is 0 Å². The number of carbonyl (C=O) groups excluding carboxylic acids is 1. The highest BCUT2D eigenvalue weighted by atomic mass is 16.2. The van der Waals surface area contributed by atoms with Gasteiger partial charge in [-0.1, -0.05) is 54.6 Å². The summed E-state index contributed by atoms with van der Waals surface area (Å²) in [7, 11) is 0. The molecule has 31 heavy (non-hydrogen) atoms. The zero-order valence-corrected chi connectivity index (χ0v) is 17.8. The Morgan fingerprint density at radius 3 is 2.68 bits per heavy atom. The number of hydrogen-bond acceptors (Lipinski definition) is 4. The van der Waals surface area contributed by atoms with Crippen molar-refractivity contribution in [3.8, 4) is 0 Å². The van der Waals surface area contributed by atoms with Crippen molar-refractivity contribution in [3.05, 3.63) is 93.9 Å². The van der Waals surface area contributed by atoms with Crippen molar-refractivity contribution in [2.75, 3.05) is 18.0 Å². The fraction of sp³-hybridized carbons (Fsp3) is 0.320. The van der Waals surface area contributed by atoms with Crippen molar-refractivity contribution in [1.82, 2.24) is 15.1 Å². The maximum Gasteiger partial charge on any atom is 0.269 e. The molecule has 1 saturated heterocycles. The van der Waals surface area contributed by atoms with E-state index in [2.05, 4.69) is 28.3 Å². The SMILES string of the molecule is Cc1ccccc1CNC(=O)[C@H]1CCCN(c2cnn(Cc3ccccc3)c(=O)c2)C1. The van der Waals surface area contributed by atoms with Crippen LogP contribution in [0.4, 0.5) is 5.69 Å². The molecule has 1 aliphatic rings. The summed E-state index contributed by atoms with van der Waals surface area (Å²) in [4.78, 5) is 27.5. The Labute approximate surface area is 182 Å². The maximum atomic E-state index is 12.8. The minimum Gasteiger partial charge on any atom is -0.369 e. The zero-order valence-electron chi connectivity index (χ0n) is 17.8. The Morgan fingerprint density at radius 1 is 1.13 bits per heavy atom. The molecule has 2 heterocycles. The molecule has 1 atom stereocenters. The Kier molecular flexibility index (Phi) is 6.46. The highest BCUT2D eigenvalue weighted by molar-refractivity contribution is 5.79. The van der Waals surface area contributed by atoms with Crippen LogP contribution >= 0.6 is 0 Å². The van der Waals surface area contributed by atoms with Gasteiger partial charge in [0.15, 0.2) is 0 Å². The fourth-order valence-electron chi connectivity index (χ4n) is 4.03. The number of amides is 1. The normalized spacial score (nSPS) is 16.2. The number of aromatic nitrogens is 2. The van der Waals surface area contributed by atoms with Crippen LogP contribution in [0.3, 0.4) is 0 Å². The molecule has 3 aromatic rings. The molecule has 0 aliphatic carbocycles. The van der Waals surface area contributed by atoms with Crippen LogP contribution < -0.4 is 15.8 Å². The standard InChI is InChI=1S/C25H28N4O2/c1-19-8-5-6-11-21(19)15-26-25(31)22-12-7-13-28(18-22)23-14-24(30)29(27-16-23)17-20-9-3-2-4-10-20/h2-6,8-11,14,16,22H,7,12-13,15,17-18H2,1H3,(H,26,31)/t22-/m0/s1. The molecular weight excluding hydrogens is 388 g/mol. The van der Waals surface area contributed by atoms with Crippen molar-refractivity contribution in [2.45, 2.75) is 32.9 Å². The second-order valence-corrected chi connectivity index (χ2v) is 8.12. The van der Waals surface area contributed by atoms with E-state index in [1.165, 1.54) is 10.2 Å². The van der Waals surface area contributed by atoms with Crippen molar-refractivity contribution >= 4 is 11.6 Å². The van der Waals surface area contributed by atoms with E-state index in [1.807, 2.05) is 48.5 Å². The van der Waals surface area contributed by atoms with Crippen molar-refractivity contribution < 1.29 is 4.79 Å². The van der Waals surface area contributed by atoms with E-state index in [0.29, 0.717) is 19.6 Å². The first-order valence-corrected chi connectivity index (χ1v) is 10.8. The molecule has 6 nitrogen and oxygen atoms in total. The fourth-order valence-corrected chi connectivity index (χ4v) is 4.03. The van der Waals surface area contributed by atoms with Crippen LogP contribution in [-0.4, -0.2) is 28.8 Å². The topological polar surface area (TPSA) is 67.2 Å². The van der Waals surface area contributed by atoms with E-state index in [0.717, 1.165) is 36.2 Å². The molecule has 0 radical (unpaired) electrons. The summed E-state index contributed by atoms with van der Waals surface area (Å²) >= 11 is 0. The highest BCUT2D eigenvalue weighted by Crippen LogP contribution is 2.22. The molecular formula is C25H28N4O2. The Hall–Kier alpha value is -3.41. The van der Waals surface area contributed by atoms with Crippen molar-refractivity contribution in [1.29, 1.82) is 0 Å². The summed E-state index contributed by atoms with van der Waals surface area (Å²) < 4.78 is 1.47. The van der Waals surface area contributed by atoms with Crippen LogP contribution in [0.15, 0.2) is 71.7 Å². The molecule has 0 spiro atoms. The molecule has 6 heteroatoms. The monoisotopic (exact) mass is 416 g/mol. The second kappa shape index (κ2) is 9.60. The number of nitrogens with zero attached hydrogens (tertiary/aromatic N) is 3. The molecule has 1 aromatic heterocycles. The number of aryl methyl sites for hydroxylation is 1. The first-order chi connectivity index (χ1) is 15.1. The largest absolute Gasteiger partial charge is 0.369 e. The summed E-state index contributed by atoms with van der Waals surface area (Å²) in [5.74, 6) is -0.0251. The minimum absolute atomic E-state index is 0.0679. The summed E-state index contributed by atoms with van der Waals surface area (Å²) in [6.45, 7) is 4.47. The summed E-state index contributed by atoms with van der Waals surface area (Å²) in [6, 6.07) is 19.5. The first kappa shape index (κ1) is 20.8. The lowest BCUT2D eigenvalue weighted by molar-refractivity contribution is -0.125. The van der Waals surface area contributed by atoms with Crippen LogP contribution in [0.25, 0.3) is 0 Å². The second-order valence-electron chi connectivity index (χ2n) is 8.12. The minimum atomic E-state index is -0.132. The third-order valence-corrected chi connectivity index (χ3v) is 5.90. The summed E-state index contributed by atoms with van der Waals surface area (Å²) in [5, 5.41) is 7.45. The highest BCUT2D eigenvalue weighted by Gasteiger charge is 2.26. The predicted octanol–water partition coefficient (Wildman–Crippen LogP) is 3.13. The molecule has 160 valence electrons. The average molecular weight is 417 g/mol. The maximum absolute atomic E-state index is 12.8. The number of anilines is 1. The van der Waals surface area contributed by atoms with E-state index >= 15 is 0 Å². The van der Waals surface area contributed by atoms with Gasteiger partial charge in [0.2, 0.25) is 5.91 Å². The lowest BCUT2D eigenvalue weighted by atomic mass is 9.96. The molecule has 1 aliphatic heterocycles. The van der Waals surface area contributed by atoms with Crippen molar-refractivity contribution in [2.24, 2.45) is 5.92 Å². The number of piperidine rings is 1. The molecule has 1 N–H and O–H groups in total. The third kappa shape index (κ3) is 5.20. The third-order valence-electron chi connectivity index (χ3n) is 5.90. The zero-order chi connectivity index (χ0) is 21.6. The number of nitrogens with one attached hydrogen (secondary N) is 1. The van der Waals surface area contributed by atoms with Crippen LogP contribution in [-0.2, 0) is 17.9 Å². The molecule has 2 aromatic carbocycles. The summed E-state index contributed by atoms with van der Waals surface area (Å²) in [5.41, 5.74) is 4.00. The molecule has 4 rings (SSSR count). The van der Waals surface area contributed by atoms with Crippen LogP contribution in [0.1, 0.15) is 29.5 Å². The van der Waals surface area contributed by atoms with Gasteiger partial charge in [-0.15, -0.1) is 0 Å². The van der Waals surface area contributed by atoms with E-state index in [9.17, 15) is 9.59 Å². The number of carbonyl (C=O) groups is 1. The van der Waals surface area contributed by atoms with Gasteiger partial charge in [-0.05, 0) is 36.5 Å². The Balaban J connectivity index is 1.39. The Morgan fingerprint density at radius 2 is 1.90 bits per heavy atom. The molecule has 0 unspecified atom stereocenters. The smallest absolute Gasteiger partial charge is 0.269 e. The average Bonchev–Trinajstić information content (AvgIpc) is 2.80. The van der Waals surface area contributed by atoms with E-state index in [1.54, 1.807) is 12.3 Å². The van der Waals surface area contributed by atoms with Crippen LogP contribution in [0.5, 0.6) is 0 Å². The van der Waals surface area contributed by atoms with Gasteiger partial charge in [-0.2, -0.15) is 5.10 Å². The van der Waals surface area contributed by atoms with Gasteiger partial charge in [0.05, 0.1) is 24.3 Å². The lowest BCUT2D eigenvalue weighted by Gasteiger charge is -2.33. The molecule has 0 saturated carbocycles. The van der Waals surface area contributed by atoms with Gasteiger partial charge in [0, 0.05) is 25.7 Å². The van der Waals surface area contributed by atoms with Gasteiger partial charge < -0.3 is 10.2 Å². The van der Waals surface area contributed by atoms with Gasteiger partial charge in [0.25, 0.3) is 5.56 Å². The van der Waals surface area contributed by atoms with Gasteiger partial charge >= 0.3 is 0 Å². The van der Waals surface area contributed by atoms with Crippen LogP contribution in [0, 0.1) is 12.8 Å². The Bertz CT molecular complexity index is 1090. The number of benzene rings is 2. The van der Waals surface area contributed by atoms with Gasteiger partial charge in [0.1, 0.15) is 0 Å². The van der Waals surface area contributed by atoms with E-state index in [-0.39, 0.29) is 17.4 Å². The van der Waals surface area contributed by atoms with Gasteiger partial charge in [-0.25, -0.2) is 4.68 Å². The van der Waals surface area contributed by atoms with Gasteiger partial charge in [-0.3, -0.25) is 9.59 Å². The molecule has 1 amide bonds. The number of rotatable bonds is 6. The molecule has 1 fully saturated rings. The predicted molar refractivity (Wildman–Crippen MR) is 122 cm³/mol. The first-order valence-electron chi connectivity index (χ1n) is 10.8.